The van der Waals surface area contributed by atoms with Gasteiger partial charge < -0.3 is 9.47 Å². The topological polar surface area (TPSA) is 8.17 Å². The highest BCUT2D eigenvalue weighted by Gasteiger charge is 2.37. The molecular formula is C55H44N2S2. The van der Waals surface area contributed by atoms with Gasteiger partial charge in [0.05, 0.1) is 20.4 Å². The third-order valence-corrected chi connectivity index (χ3v) is 15.8. The van der Waals surface area contributed by atoms with Crippen molar-refractivity contribution in [3.63, 3.8) is 0 Å². The lowest BCUT2D eigenvalue weighted by Gasteiger charge is -2.30. The number of hydrogen-bond acceptors (Lipinski definition) is 3. The zero-order valence-corrected chi connectivity index (χ0v) is 35.0. The van der Waals surface area contributed by atoms with Gasteiger partial charge in [-0.3, -0.25) is 0 Å². The van der Waals surface area contributed by atoms with E-state index in [0.717, 1.165) is 32.1 Å². The first-order valence-electron chi connectivity index (χ1n) is 21.1. The number of allylic oxidation sites excluding steroid dienone is 8. The lowest BCUT2D eigenvalue weighted by atomic mass is 9.82. The molecule has 59 heavy (non-hydrogen) atoms. The predicted octanol–water partition coefficient (Wildman–Crippen LogP) is 15.8. The number of aromatic nitrogens is 1. The zero-order valence-electron chi connectivity index (χ0n) is 33.4. The summed E-state index contributed by atoms with van der Waals surface area (Å²) in [6, 6.07) is 43.7. The molecule has 3 heterocycles. The van der Waals surface area contributed by atoms with Gasteiger partial charge in [-0.2, -0.15) is 0 Å². The molecule has 0 bridgehead atoms. The fourth-order valence-corrected chi connectivity index (χ4v) is 12.9. The second-order valence-electron chi connectivity index (χ2n) is 17.0. The van der Waals surface area contributed by atoms with E-state index in [-0.39, 0.29) is 5.41 Å². The molecule has 5 aromatic carbocycles. The van der Waals surface area contributed by atoms with Crippen molar-refractivity contribution < 1.29 is 0 Å². The summed E-state index contributed by atoms with van der Waals surface area (Å²) >= 11 is 3.93. The number of aryl methyl sites for hydroxylation is 1. The van der Waals surface area contributed by atoms with E-state index in [1.54, 1.807) is 0 Å². The average Bonchev–Trinajstić information content (AvgIpc) is 4.00. The maximum Gasteiger partial charge on any atom is 0.0736 e. The van der Waals surface area contributed by atoms with Gasteiger partial charge in [0.25, 0.3) is 0 Å². The average molecular weight is 797 g/mol. The summed E-state index contributed by atoms with van der Waals surface area (Å²) in [5.74, 6) is 0.378. The quantitative estimate of drug-likeness (QED) is 0.163. The molecule has 4 aliphatic rings. The number of anilines is 2. The van der Waals surface area contributed by atoms with Crippen LogP contribution in [0.1, 0.15) is 78.1 Å². The fraction of sp³-hybridized carbons (Fsp3) is 0.164. The highest BCUT2D eigenvalue weighted by molar-refractivity contribution is 7.31. The molecule has 12 rings (SSSR count). The van der Waals surface area contributed by atoms with Crippen molar-refractivity contribution in [1.82, 2.24) is 4.57 Å². The molecule has 3 aromatic heterocycles. The summed E-state index contributed by atoms with van der Waals surface area (Å²) in [4.78, 5) is 3.90. The minimum absolute atomic E-state index is 0.153. The lowest BCUT2D eigenvalue weighted by Crippen LogP contribution is -2.18. The van der Waals surface area contributed by atoms with Gasteiger partial charge in [-0.05, 0) is 131 Å². The van der Waals surface area contributed by atoms with Gasteiger partial charge in [0.15, 0.2) is 0 Å². The van der Waals surface area contributed by atoms with Crippen molar-refractivity contribution in [2.24, 2.45) is 0 Å². The predicted molar refractivity (Wildman–Crippen MR) is 255 cm³/mol. The molecule has 0 amide bonds. The molecule has 2 nitrogen and oxygen atoms in total. The Bertz CT molecular complexity index is 3160. The van der Waals surface area contributed by atoms with Gasteiger partial charge >= 0.3 is 0 Å². The van der Waals surface area contributed by atoms with Crippen LogP contribution in [0.2, 0.25) is 0 Å². The molecule has 8 aromatic rings. The Balaban J connectivity index is 0.983. The van der Waals surface area contributed by atoms with Crippen molar-refractivity contribution >= 4 is 76.2 Å². The van der Waals surface area contributed by atoms with Crippen LogP contribution in [0, 0.1) is 0 Å². The van der Waals surface area contributed by atoms with Crippen molar-refractivity contribution in [2.75, 3.05) is 4.90 Å². The summed E-state index contributed by atoms with van der Waals surface area (Å²) in [6.45, 7) is 4.84. The highest BCUT2D eigenvalue weighted by Crippen LogP contribution is 2.53. The van der Waals surface area contributed by atoms with Crippen molar-refractivity contribution in [3.8, 4) is 16.8 Å². The van der Waals surface area contributed by atoms with Crippen LogP contribution in [0.5, 0.6) is 0 Å². The maximum atomic E-state index is 2.62. The number of nitrogens with zero attached hydrogens (tertiary/aromatic N) is 2. The first-order chi connectivity index (χ1) is 29.0. The minimum atomic E-state index is -0.153. The van der Waals surface area contributed by atoms with Crippen LogP contribution in [0.25, 0.3) is 59.0 Å². The van der Waals surface area contributed by atoms with Crippen molar-refractivity contribution in [1.29, 1.82) is 0 Å². The van der Waals surface area contributed by atoms with E-state index in [2.05, 4.69) is 187 Å². The fourth-order valence-electron chi connectivity index (χ4n) is 10.3. The van der Waals surface area contributed by atoms with Gasteiger partial charge in [-0.15, -0.1) is 22.7 Å². The monoisotopic (exact) mass is 796 g/mol. The molecule has 1 unspecified atom stereocenters. The Morgan fingerprint density at radius 2 is 1.51 bits per heavy atom. The first-order valence-corrected chi connectivity index (χ1v) is 22.8. The second-order valence-corrected chi connectivity index (χ2v) is 19.1. The molecular weight excluding hydrogens is 753 g/mol. The third-order valence-electron chi connectivity index (χ3n) is 13.3. The lowest BCUT2D eigenvalue weighted by molar-refractivity contribution is 0.660. The van der Waals surface area contributed by atoms with E-state index < -0.39 is 0 Å². The SMILES string of the molecule is CC1(C)c2ccc(N(C3=CCC(c4ccccc4)C=C3)c3ccc(C4=CC=CCC4)cc3)cc2-c2ccc(-n3c4c5c(sc4c4sc6ccccc6c43)C=CCC5)cc21. The van der Waals surface area contributed by atoms with E-state index in [0.29, 0.717) is 5.92 Å². The second kappa shape index (κ2) is 13.6. The standard InChI is InChI=1S/C55H44N2S2/c1-55(2)47-32-30-41(56(39-25-21-37(22-26-39)35-13-5-3-6-14-35)40-27-23-38(24-28-40)36-15-7-4-8-16-36)33-46(47)43-31-29-42(34-48(43)55)57-51-44-17-9-11-19-49(44)58-53(51)54-52(57)45-18-10-12-20-50(45)59-54/h3-7,9,11-15,17,19-21,23-34,37H,8,10,16,18,22H2,1-2H3. The van der Waals surface area contributed by atoms with Crippen LogP contribution in [-0.2, 0) is 11.8 Å². The Morgan fingerprint density at radius 1 is 0.695 bits per heavy atom. The summed E-state index contributed by atoms with van der Waals surface area (Å²) < 4.78 is 6.84. The normalized spacial score (nSPS) is 17.6. The summed E-state index contributed by atoms with van der Waals surface area (Å²) in [6.07, 6.45) is 24.0. The number of thiophene rings is 2. The summed E-state index contributed by atoms with van der Waals surface area (Å²) in [5.41, 5.74) is 18.5. The van der Waals surface area contributed by atoms with Gasteiger partial charge in [0, 0.05) is 49.1 Å². The third kappa shape index (κ3) is 5.50. The van der Waals surface area contributed by atoms with Crippen molar-refractivity contribution in [2.45, 2.75) is 57.3 Å². The van der Waals surface area contributed by atoms with Crippen LogP contribution in [0.3, 0.4) is 0 Å². The van der Waals surface area contributed by atoms with Gasteiger partial charge in [0.2, 0.25) is 0 Å². The van der Waals surface area contributed by atoms with Crippen LogP contribution >= 0.6 is 22.7 Å². The van der Waals surface area contributed by atoms with Crippen LogP contribution in [-0.4, -0.2) is 4.57 Å². The zero-order chi connectivity index (χ0) is 39.2. The van der Waals surface area contributed by atoms with Gasteiger partial charge in [0.1, 0.15) is 0 Å². The number of rotatable bonds is 6. The Kier molecular flexibility index (Phi) is 8.05. The van der Waals surface area contributed by atoms with Crippen LogP contribution in [0.15, 0.2) is 163 Å². The highest BCUT2D eigenvalue weighted by atomic mass is 32.1. The van der Waals surface area contributed by atoms with Crippen LogP contribution in [0.4, 0.5) is 11.4 Å². The van der Waals surface area contributed by atoms with E-state index >= 15 is 0 Å². The molecule has 0 saturated carbocycles. The number of fused-ring (bicyclic) bond motifs is 10. The molecule has 0 aliphatic heterocycles. The van der Waals surface area contributed by atoms with E-state index in [4.69, 9.17) is 0 Å². The van der Waals surface area contributed by atoms with E-state index in [9.17, 15) is 0 Å². The number of benzene rings is 5. The van der Waals surface area contributed by atoms with E-state index in [1.165, 1.54) is 103 Å². The maximum absolute atomic E-state index is 2.62. The molecule has 4 aliphatic carbocycles. The Labute approximate surface area is 354 Å². The van der Waals surface area contributed by atoms with Gasteiger partial charge in [-0.25, -0.2) is 0 Å². The molecule has 0 radical (unpaired) electrons. The first kappa shape index (κ1) is 35.0. The number of hydrogen-bond donors (Lipinski definition) is 0. The van der Waals surface area contributed by atoms with E-state index in [1.807, 2.05) is 22.7 Å². The Morgan fingerprint density at radius 3 is 2.34 bits per heavy atom. The molecule has 0 spiro atoms. The molecule has 286 valence electrons. The smallest absolute Gasteiger partial charge is 0.0736 e. The summed E-state index contributed by atoms with van der Waals surface area (Å²) in [5, 5.41) is 1.35. The molecule has 0 fully saturated rings. The molecule has 4 heteroatoms. The molecule has 1 atom stereocenters. The largest absolute Gasteiger partial charge is 0.311 e. The molecule has 0 saturated heterocycles. The van der Waals surface area contributed by atoms with Crippen molar-refractivity contribution in [3.05, 3.63) is 196 Å². The van der Waals surface area contributed by atoms with Crippen LogP contribution < -0.4 is 4.90 Å². The Hall–Kier alpha value is -5.94. The van der Waals surface area contributed by atoms with Gasteiger partial charge in [-0.1, -0.05) is 123 Å². The summed E-state index contributed by atoms with van der Waals surface area (Å²) in [7, 11) is 0. The minimum Gasteiger partial charge on any atom is -0.311 e. The molecule has 0 N–H and O–H groups in total.